The van der Waals surface area contributed by atoms with Gasteiger partial charge in [-0.3, -0.25) is 4.99 Å². The summed E-state index contributed by atoms with van der Waals surface area (Å²) in [5, 5.41) is 10.4. The highest BCUT2D eigenvalue weighted by Crippen LogP contribution is 2.21. The highest BCUT2D eigenvalue weighted by molar-refractivity contribution is 5.79. The highest BCUT2D eigenvalue weighted by Gasteiger charge is 2.07. The second-order valence-corrected chi connectivity index (χ2v) is 7.33. The first-order valence-corrected chi connectivity index (χ1v) is 9.94. The third kappa shape index (κ3) is 7.58. The first kappa shape index (κ1) is 21.7. The van der Waals surface area contributed by atoms with Gasteiger partial charge in [0.1, 0.15) is 5.75 Å². The molecule has 1 aromatic heterocycles. The third-order valence-corrected chi connectivity index (χ3v) is 4.28. The van der Waals surface area contributed by atoms with Crippen molar-refractivity contribution < 1.29 is 9.26 Å². The Morgan fingerprint density at radius 3 is 2.75 bits per heavy atom. The number of aromatic nitrogens is 2. The van der Waals surface area contributed by atoms with Crippen molar-refractivity contribution in [1.82, 2.24) is 20.8 Å². The molecule has 0 fully saturated rings. The lowest BCUT2D eigenvalue weighted by Crippen LogP contribution is -2.38. The minimum Gasteiger partial charge on any atom is -0.493 e. The molecule has 28 heavy (non-hydrogen) atoms. The van der Waals surface area contributed by atoms with Gasteiger partial charge < -0.3 is 19.9 Å². The molecule has 0 radical (unpaired) electrons. The summed E-state index contributed by atoms with van der Waals surface area (Å²) in [5.74, 6) is 3.64. The Hall–Kier alpha value is -2.57. The molecule has 7 heteroatoms. The van der Waals surface area contributed by atoms with E-state index < -0.39 is 0 Å². The fraction of sp³-hybridized carbons (Fsp3) is 0.571. The van der Waals surface area contributed by atoms with E-state index in [1.165, 1.54) is 12.0 Å². The molecule has 0 aliphatic carbocycles. The van der Waals surface area contributed by atoms with Crippen LogP contribution in [-0.4, -0.2) is 36.3 Å². The van der Waals surface area contributed by atoms with Gasteiger partial charge in [-0.1, -0.05) is 31.1 Å². The molecule has 0 saturated heterocycles. The number of nitrogens with zero attached hydrogens (tertiary/aromatic N) is 3. The molecule has 2 aromatic rings. The van der Waals surface area contributed by atoms with E-state index in [4.69, 9.17) is 9.26 Å². The van der Waals surface area contributed by atoms with Gasteiger partial charge in [-0.25, -0.2) is 0 Å². The first-order valence-electron chi connectivity index (χ1n) is 9.94. The quantitative estimate of drug-likeness (QED) is 0.369. The number of benzene rings is 1. The Balaban J connectivity index is 1.83. The molecule has 1 heterocycles. The number of guanidine groups is 1. The van der Waals surface area contributed by atoms with Crippen molar-refractivity contribution in [2.45, 2.75) is 53.5 Å². The fourth-order valence-electron chi connectivity index (χ4n) is 2.74. The molecule has 1 aromatic carbocycles. The molecule has 0 unspecified atom stereocenters. The summed E-state index contributed by atoms with van der Waals surface area (Å²) in [7, 11) is 1.75. The summed E-state index contributed by atoms with van der Waals surface area (Å²) < 4.78 is 11.2. The summed E-state index contributed by atoms with van der Waals surface area (Å²) in [6.45, 7) is 10.4. The molecular weight excluding hydrogens is 354 g/mol. The van der Waals surface area contributed by atoms with Gasteiger partial charge in [-0.2, -0.15) is 4.98 Å². The topological polar surface area (TPSA) is 84.6 Å². The van der Waals surface area contributed by atoms with Crippen molar-refractivity contribution in [3.05, 3.63) is 41.0 Å². The summed E-state index contributed by atoms with van der Waals surface area (Å²) in [4.78, 5) is 8.47. The van der Waals surface area contributed by atoms with E-state index in [9.17, 15) is 0 Å². The molecule has 0 saturated carbocycles. The monoisotopic (exact) mass is 387 g/mol. The average Bonchev–Trinajstić information content (AvgIpc) is 3.07. The Labute approximate surface area is 168 Å². The van der Waals surface area contributed by atoms with Crippen molar-refractivity contribution in [1.29, 1.82) is 0 Å². The molecule has 0 atom stereocenters. The van der Waals surface area contributed by atoms with Gasteiger partial charge in [0.05, 0.1) is 6.61 Å². The maximum Gasteiger partial charge on any atom is 0.228 e. The Kier molecular flexibility index (Phi) is 8.78. The maximum absolute atomic E-state index is 6.05. The standard InChI is InChI=1S/C21H33N5O2/c1-15(2)7-6-12-27-19-13-16(3)8-9-18(19)14-24-21(22-5)23-11-10-20-25-17(4)26-28-20/h8-9,13,15H,6-7,10-12,14H2,1-5H3,(H2,22,23,24). The van der Waals surface area contributed by atoms with Crippen LogP contribution in [0.15, 0.2) is 27.7 Å². The Morgan fingerprint density at radius 2 is 2.07 bits per heavy atom. The normalized spacial score (nSPS) is 11.7. The number of hydrogen-bond donors (Lipinski definition) is 2. The van der Waals surface area contributed by atoms with Crippen LogP contribution in [0, 0.1) is 19.8 Å². The fourth-order valence-corrected chi connectivity index (χ4v) is 2.74. The lowest BCUT2D eigenvalue weighted by atomic mass is 10.1. The van der Waals surface area contributed by atoms with Crippen LogP contribution in [0.5, 0.6) is 5.75 Å². The molecule has 2 rings (SSSR count). The predicted octanol–water partition coefficient (Wildman–Crippen LogP) is 3.41. The van der Waals surface area contributed by atoms with E-state index in [2.05, 4.69) is 64.7 Å². The number of nitrogens with one attached hydrogen (secondary N) is 2. The molecule has 0 spiro atoms. The van der Waals surface area contributed by atoms with Gasteiger partial charge in [0.25, 0.3) is 0 Å². The van der Waals surface area contributed by atoms with Crippen LogP contribution >= 0.6 is 0 Å². The van der Waals surface area contributed by atoms with Crippen LogP contribution in [0.1, 0.15) is 49.5 Å². The van der Waals surface area contributed by atoms with E-state index in [1.807, 2.05) is 6.92 Å². The van der Waals surface area contributed by atoms with E-state index >= 15 is 0 Å². The van der Waals surface area contributed by atoms with E-state index in [-0.39, 0.29) is 0 Å². The van der Waals surface area contributed by atoms with Crippen LogP contribution in [0.25, 0.3) is 0 Å². The van der Waals surface area contributed by atoms with Gasteiger partial charge in [0, 0.05) is 32.1 Å². The average molecular weight is 388 g/mol. The maximum atomic E-state index is 6.05. The van der Waals surface area contributed by atoms with Gasteiger partial charge in [0.2, 0.25) is 5.89 Å². The Morgan fingerprint density at radius 1 is 1.25 bits per heavy atom. The van der Waals surface area contributed by atoms with Crippen LogP contribution in [0.3, 0.4) is 0 Å². The van der Waals surface area contributed by atoms with Crippen LogP contribution in [0.4, 0.5) is 0 Å². The molecule has 0 aliphatic rings. The molecule has 0 aliphatic heterocycles. The zero-order valence-electron chi connectivity index (χ0n) is 17.7. The molecule has 2 N–H and O–H groups in total. The van der Waals surface area contributed by atoms with Crippen molar-refractivity contribution in [3.63, 3.8) is 0 Å². The second-order valence-electron chi connectivity index (χ2n) is 7.33. The molecule has 154 valence electrons. The van der Waals surface area contributed by atoms with Gasteiger partial charge in [-0.15, -0.1) is 0 Å². The lowest BCUT2D eigenvalue weighted by molar-refractivity contribution is 0.294. The van der Waals surface area contributed by atoms with Crippen LogP contribution in [-0.2, 0) is 13.0 Å². The number of hydrogen-bond acceptors (Lipinski definition) is 5. The van der Waals surface area contributed by atoms with Gasteiger partial charge in [-0.05, 0) is 44.2 Å². The van der Waals surface area contributed by atoms with Crippen LogP contribution in [0.2, 0.25) is 0 Å². The summed E-state index contributed by atoms with van der Waals surface area (Å²) in [5.41, 5.74) is 2.31. The molecule has 0 amide bonds. The van der Waals surface area contributed by atoms with E-state index in [1.54, 1.807) is 7.05 Å². The number of aliphatic imine (C=N–C) groups is 1. The van der Waals surface area contributed by atoms with Crippen molar-refractivity contribution in [2.75, 3.05) is 20.2 Å². The van der Waals surface area contributed by atoms with Gasteiger partial charge in [0.15, 0.2) is 11.8 Å². The van der Waals surface area contributed by atoms with Gasteiger partial charge >= 0.3 is 0 Å². The SMILES string of the molecule is CN=C(NCCc1nc(C)no1)NCc1ccc(C)cc1OCCCC(C)C. The summed E-state index contributed by atoms with van der Waals surface area (Å²) in [6, 6.07) is 6.31. The van der Waals surface area contributed by atoms with Crippen molar-refractivity contribution in [3.8, 4) is 5.75 Å². The lowest BCUT2D eigenvalue weighted by Gasteiger charge is -2.15. The Bertz CT molecular complexity index is 755. The van der Waals surface area contributed by atoms with Crippen LogP contribution < -0.4 is 15.4 Å². The molecule has 0 bridgehead atoms. The zero-order valence-corrected chi connectivity index (χ0v) is 17.7. The number of ether oxygens (including phenoxy) is 1. The third-order valence-electron chi connectivity index (χ3n) is 4.28. The number of aryl methyl sites for hydroxylation is 2. The van der Waals surface area contributed by atoms with E-state index in [0.29, 0.717) is 37.1 Å². The minimum absolute atomic E-state index is 0.621. The molecule has 7 nitrogen and oxygen atoms in total. The summed E-state index contributed by atoms with van der Waals surface area (Å²) in [6.07, 6.45) is 2.89. The predicted molar refractivity (Wildman–Crippen MR) is 112 cm³/mol. The largest absolute Gasteiger partial charge is 0.493 e. The van der Waals surface area contributed by atoms with E-state index in [0.717, 1.165) is 30.3 Å². The second kappa shape index (κ2) is 11.3. The summed E-state index contributed by atoms with van der Waals surface area (Å²) >= 11 is 0. The van der Waals surface area contributed by atoms with Crippen molar-refractivity contribution >= 4 is 5.96 Å². The minimum atomic E-state index is 0.621. The first-order chi connectivity index (χ1) is 13.5. The smallest absolute Gasteiger partial charge is 0.228 e. The molecular formula is C21H33N5O2. The highest BCUT2D eigenvalue weighted by atomic mass is 16.5. The number of rotatable bonds is 10. The zero-order chi connectivity index (χ0) is 20.4. The van der Waals surface area contributed by atoms with Crippen molar-refractivity contribution in [2.24, 2.45) is 10.9 Å².